The number of carbonyl (C=O) groups excluding carboxylic acids is 3. The Bertz CT molecular complexity index is 1040. The van der Waals surface area contributed by atoms with Gasteiger partial charge in [-0.3, -0.25) is 19.3 Å². The highest BCUT2D eigenvalue weighted by atomic mass is 16.2. The summed E-state index contributed by atoms with van der Waals surface area (Å²) in [5.41, 5.74) is 2.16. The second-order valence-electron chi connectivity index (χ2n) is 7.31. The summed E-state index contributed by atoms with van der Waals surface area (Å²) < 4.78 is 0. The Morgan fingerprint density at radius 2 is 1.48 bits per heavy atom. The summed E-state index contributed by atoms with van der Waals surface area (Å²) in [5, 5.41) is 1.61. The third-order valence-corrected chi connectivity index (χ3v) is 5.32. The van der Waals surface area contributed by atoms with Gasteiger partial charge in [0, 0.05) is 43.1 Å². The summed E-state index contributed by atoms with van der Waals surface area (Å²) in [7, 11) is 1.77. The maximum atomic E-state index is 12.9. The van der Waals surface area contributed by atoms with Crippen LogP contribution < -0.4 is 0 Å². The third-order valence-electron chi connectivity index (χ3n) is 5.32. The fourth-order valence-corrected chi connectivity index (χ4v) is 3.81. The van der Waals surface area contributed by atoms with Gasteiger partial charge in [0.1, 0.15) is 0 Å². The Morgan fingerprint density at radius 3 is 2.10 bits per heavy atom. The van der Waals surface area contributed by atoms with Crippen molar-refractivity contribution >= 4 is 28.5 Å². The van der Waals surface area contributed by atoms with Gasteiger partial charge in [0.2, 0.25) is 5.91 Å². The molecule has 0 bridgehead atoms. The van der Waals surface area contributed by atoms with Gasteiger partial charge in [-0.2, -0.15) is 0 Å². The van der Waals surface area contributed by atoms with Crippen LogP contribution in [0.4, 0.5) is 0 Å². The Labute approximate surface area is 169 Å². The van der Waals surface area contributed by atoms with Crippen LogP contribution in [-0.2, 0) is 11.3 Å². The van der Waals surface area contributed by atoms with Crippen molar-refractivity contribution in [2.45, 2.75) is 19.4 Å². The molecule has 1 heterocycles. The fraction of sp³-hybridized carbons (Fsp3) is 0.208. The molecule has 5 heteroatoms. The number of amides is 3. The summed E-state index contributed by atoms with van der Waals surface area (Å²) in [4.78, 5) is 41.1. The molecule has 0 saturated carbocycles. The molecule has 3 amide bonds. The van der Waals surface area contributed by atoms with E-state index in [-0.39, 0.29) is 30.7 Å². The van der Waals surface area contributed by atoms with E-state index in [1.165, 1.54) is 4.90 Å². The first-order valence-electron chi connectivity index (χ1n) is 9.72. The van der Waals surface area contributed by atoms with Crippen LogP contribution in [0.3, 0.4) is 0 Å². The van der Waals surface area contributed by atoms with E-state index in [2.05, 4.69) is 0 Å². The van der Waals surface area contributed by atoms with Gasteiger partial charge in [0.05, 0.1) is 0 Å². The van der Waals surface area contributed by atoms with Crippen LogP contribution in [0.15, 0.2) is 66.7 Å². The normalized spacial score (nSPS) is 13.1. The van der Waals surface area contributed by atoms with E-state index in [1.807, 2.05) is 54.6 Å². The highest BCUT2D eigenvalue weighted by molar-refractivity contribution is 6.25. The number of benzene rings is 3. The van der Waals surface area contributed by atoms with Gasteiger partial charge < -0.3 is 4.90 Å². The van der Waals surface area contributed by atoms with Crippen LogP contribution in [0, 0.1) is 0 Å². The standard InChI is InChI=1S/C24H22N2O3/c1-25(16-17-8-3-2-4-9-17)21(27)14-7-15-26-23(28)19-12-5-10-18-11-6-13-20(22(18)19)24(26)29/h2-6,8-13H,7,14-16H2,1H3. The second kappa shape index (κ2) is 7.87. The quantitative estimate of drug-likeness (QED) is 0.604. The molecule has 0 N–H and O–H groups in total. The monoisotopic (exact) mass is 386 g/mol. The molecular weight excluding hydrogens is 364 g/mol. The van der Waals surface area contributed by atoms with Gasteiger partial charge in [0.25, 0.3) is 11.8 Å². The molecule has 0 spiro atoms. The fourth-order valence-electron chi connectivity index (χ4n) is 3.81. The highest BCUT2D eigenvalue weighted by Gasteiger charge is 2.32. The molecule has 29 heavy (non-hydrogen) atoms. The van der Waals surface area contributed by atoms with E-state index in [0.29, 0.717) is 24.1 Å². The molecule has 0 saturated heterocycles. The largest absolute Gasteiger partial charge is 0.341 e. The van der Waals surface area contributed by atoms with Gasteiger partial charge >= 0.3 is 0 Å². The van der Waals surface area contributed by atoms with Crippen LogP contribution in [-0.4, -0.2) is 41.1 Å². The Balaban J connectivity index is 1.41. The molecule has 0 aromatic heterocycles. The predicted molar refractivity (Wildman–Crippen MR) is 111 cm³/mol. The summed E-state index contributed by atoms with van der Waals surface area (Å²) in [6.07, 6.45) is 0.722. The first-order chi connectivity index (χ1) is 14.1. The van der Waals surface area contributed by atoms with Gasteiger partial charge in [-0.1, -0.05) is 54.6 Å². The van der Waals surface area contributed by atoms with Gasteiger partial charge in [0.15, 0.2) is 0 Å². The molecule has 146 valence electrons. The maximum Gasteiger partial charge on any atom is 0.261 e. The minimum absolute atomic E-state index is 0.00624. The molecule has 0 atom stereocenters. The molecule has 4 rings (SSSR count). The summed E-state index contributed by atoms with van der Waals surface area (Å²) in [6, 6.07) is 20.8. The van der Waals surface area contributed by atoms with Gasteiger partial charge in [-0.15, -0.1) is 0 Å². The van der Waals surface area contributed by atoms with Crippen LogP contribution in [0.25, 0.3) is 10.8 Å². The molecule has 0 fully saturated rings. The van der Waals surface area contributed by atoms with Crippen LogP contribution in [0.5, 0.6) is 0 Å². The zero-order chi connectivity index (χ0) is 20.4. The maximum absolute atomic E-state index is 12.9. The van der Waals surface area contributed by atoms with Crippen molar-refractivity contribution in [2.24, 2.45) is 0 Å². The van der Waals surface area contributed by atoms with E-state index in [0.717, 1.165) is 16.3 Å². The highest BCUT2D eigenvalue weighted by Crippen LogP contribution is 2.30. The lowest BCUT2D eigenvalue weighted by atomic mass is 9.94. The second-order valence-corrected chi connectivity index (χ2v) is 7.31. The van der Waals surface area contributed by atoms with Crippen molar-refractivity contribution in [1.82, 2.24) is 9.80 Å². The molecule has 3 aromatic carbocycles. The van der Waals surface area contributed by atoms with Crippen LogP contribution >= 0.6 is 0 Å². The van der Waals surface area contributed by atoms with E-state index in [4.69, 9.17) is 0 Å². The van der Waals surface area contributed by atoms with Crippen LogP contribution in [0.2, 0.25) is 0 Å². The lowest BCUT2D eigenvalue weighted by molar-refractivity contribution is -0.130. The number of rotatable bonds is 6. The molecule has 1 aliphatic rings. The molecular formula is C24H22N2O3. The first kappa shape index (κ1) is 18.9. The average Bonchev–Trinajstić information content (AvgIpc) is 2.74. The molecule has 0 radical (unpaired) electrons. The van der Waals surface area contributed by atoms with Crippen molar-refractivity contribution < 1.29 is 14.4 Å². The topological polar surface area (TPSA) is 57.7 Å². The molecule has 0 unspecified atom stereocenters. The Morgan fingerprint density at radius 1 is 0.862 bits per heavy atom. The predicted octanol–water partition coefficient (Wildman–Crippen LogP) is 3.87. The van der Waals surface area contributed by atoms with Crippen molar-refractivity contribution in [1.29, 1.82) is 0 Å². The van der Waals surface area contributed by atoms with Crippen molar-refractivity contribution in [3.63, 3.8) is 0 Å². The van der Waals surface area contributed by atoms with Gasteiger partial charge in [-0.25, -0.2) is 0 Å². The molecule has 3 aromatic rings. The zero-order valence-electron chi connectivity index (χ0n) is 16.3. The lowest BCUT2D eigenvalue weighted by Crippen LogP contribution is -2.41. The number of carbonyl (C=O) groups is 3. The molecule has 5 nitrogen and oxygen atoms in total. The zero-order valence-corrected chi connectivity index (χ0v) is 16.3. The summed E-state index contributed by atoms with van der Waals surface area (Å²) in [6.45, 7) is 0.768. The minimum atomic E-state index is -0.288. The number of nitrogens with zero attached hydrogens (tertiary/aromatic N) is 2. The van der Waals surface area contributed by atoms with E-state index >= 15 is 0 Å². The third kappa shape index (κ3) is 3.63. The Kier molecular flexibility index (Phi) is 5.12. The SMILES string of the molecule is CN(Cc1ccccc1)C(=O)CCCN1C(=O)c2cccc3cccc(c23)C1=O. The smallest absolute Gasteiger partial charge is 0.261 e. The average molecular weight is 386 g/mol. The van der Waals surface area contributed by atoms with Crippen LogP contribution in [0.1, 0.15) is 39.1 Å². The lowest BCUT2D eigenvalue weighted by Gasteiger charge is -2.27. The minimum Gasteiger partial charge on any atom is -0.341 e. The summed E-state index contributed by atoms with van der Waals surface area (Å²) in [5.74, 6) is -0.581. The molecule has 0 aliphatic carbocycles. The Hall–Kier alpha value is -3.47. The number of hydrogen-bond acceptors (Lipinski definition) is 3. The van der Waals surface area contributed by atoms with Gasteiger partial charge in [-0.05, 0) is 29.5 Å². The van der Waals surface area contributed by atoms with Crippen molar-refractivity contribution in [3.05, 3.63) is 83.4 Å². The van der Waals surface area contributed by atoms with Crippen molar-refractivity contribution in [2.75, 3.05) is 13.6 Å². The van der Waals surface area contributed by atoms with Crippen molar-refractivity contribution in [3.8, 4) is 0 Å². The molecule has 1 aliphatic heterocycles. The van der Waals surface area contributed by atoms with E-state index in [9.17, 15) is 14.4 Å². The summed E-state index contributed by atoms with van der Waals surface area (Å²) >= 11 is 0. The first-order valence-corrected chi connectivity index (χ1v) is 9.72. The number of hydrogen-bond donors (Lipinski definition) is 0. The van der Waals surface area contributed by atoms with E-state index in [1.54, 1.807) is 24.1 Å². The number of imide groups is 1. The van der Waals surface area contributed by atoms with E-state index < -0.39 is 0 Å².